The number of hydrogen-bond acceptors (Lipinski definition) is 2. The molecule has 2 nitrogen and oxygen atoms in total. The summed E-state index contributed by atoms with van der Waals surface area (Å²) in [5.41, 5.74) is 0.802. The summed E-state index contributed by atoms with van der Waals surface area (Å²) in [7, 11) is 0. The highest BCUT2D eigenvalue weighted by molar-refractivity contribution is 14.1. The average Bonchev–Trinajstić information content (AvgIpc) is 2.11. The highest BCUT2D eigenvalue weighted by atomic mass is 127. The molecule has 0 saturated carbocycles. The molecule has 0 aliphatic heterocycles. The van der Waals surface area contributed by atoms with Gasteiger partial charge in [-0.25, -0.2) is 8.78 Å². The summed E-state index contributed by atoms with van der Waals surface area (Å²) in [4.78, 5) is 3.95. The first-order valence-corrected chi connectivity index (χ1v) is 4.94. The zero-order valence-electron chi connectivity index (χ0n) is 7.39. The van der Waals surface area contributed by atoms with Gasteiger partial charge in [0.05, 0.1) is 12.5 Å². The number of alkyl halides is 2. The summed E-state index contributed by atoms with van der Waals surface area (Å²) in [6, 6.07) is 1.87. The Balaban J connectivity index is 3.35. The van der Waals surface area contributed by atoms with Crippen molar-refractivity contribution in [2.24, 2.45) is 0 Å². The maximum Gasteiger partial charge on any atom is 0.265 e. The maximum absolute atomic E-state index is 12.6. The number of pyridine rings is 1. The summed E-state index contributed by atoms with van der Waals surface area (Å²) in [5, 5.41) is 8.52. The SMILES string of the molecule is Cc1ncc(I)c(C(F)F)c1CC#N. The molecule has 0 amide bonds. The van der Waals surface area contributed by atoms with E-state index < -0.39 is 6.43 Å². The van der Waals surface area contributed by atoms with Gasteiger partial charge < -0.3 is 0 Å². The van der Waals surface area contributed by atoms with E-state index in [0.717, 1.165) is 0 Å². The van der Waals surface area contributed by atoms with Crippen molar-refractivity contribution < 1.29 is 8.78 Å². The Morgan fingerprint density at radius 1 is 1.64 bits per heavy atom. The highest BCUT2D eigenvalue weighted by Gasteiger charge is 2.18. The molecule has 0 fully saturated rings. The standard InChI is InChI=1S/C9H7F2IN2/c1-5-6(2-3-13)8(9(10)11)7(12)4-14-5/h4,9H,2H2,1H3. The Morgan fingerprint density at radius 2 is 2.29 bits per heavy atom. The fraction of sp³-hybridized carbons (Fsp3) is 0.333. The van der Waals surface area contributed by atoms with Crippen LogP contribution in [0, 0.1) is 21.8 Å². The van der Waals surface area contributed by atoms with E-state index in [0.29, 0.717) is 14.8 Å². The number of nitrogens with zero attached hydrogens (tertiary/aromatic N) is 2. The molecule has 1 rings (SSSR count). The molecule has 0 unspecified atom stereocenters. The lowest BCUT2D eigenvalue weighted by Crippen LogP contribution is -2.02. The van der Waals surface area contributed by atoms with Crippen molar-refractivity contribution in [2.75, 3.05) is 0 Å². The van der Waals surface area contributed by atoms with Gasteiger partial charge >= 0.3 is 0 Å². The van der Waals surface area contributed by atoms with E-state index in [2.05, 4.69) is 4.98 Å². The van der Waals surface area contributed by atoms with E-state index in [9.17, 15) is 8.78 Å². The van der Waals surface area contributed by atoms with Gasteiger partial charge in [-0.3, -0.25) is 4.98 Å². The third-order valence-corrected chi connectivity index (χ3v) is 2.72. The lowest BCUT2D eigenvalue weighted by Gasteiger charge is -2.10. The minimum absolute atomic E-state index is 0.0185. The third kappa shape index (κ3) is 2.18. The molecule has 0 radical (unpaired) electrons. The van der Waals surface area contributed by atoms with Crippen LogP contribution in [0.25, 0.3) is 0 Å². The van der Waals surface area contributed by atoms with Crippen LogP contribution in [-0.4, -0.2) is 4.98 Å². The predicted molar refractivity (Wildman–Crippen MR) is 56.0 cm³/mol. The first-order chi connectivity index (χ1) is 6.57. The summed E-state index contributed by atoms with van der Waals surface area (Å²) < 4.78 is 25.7. The second kappa shape index (κ2) is 4.64. The molecule has 74 valence electrons. The topological polar surface area (TPSA) is 36.7 Å². The van der Waals surface area contributed by atoms with Gasteiger partial charge in [0.2, 0.25) is 0 Å². The molecule has 0 atom stereocenters. The number of rotatable bonds is 2. The molecular formula is C9H7F2IN2. The summed E-state index contributed by atoms with van der Waals surface area (Å²) in [5.74, 6) is 0. The largest absolute Gasteiger partial charge is 0.265 e. The molecule has 1 aromatic rings. The molecule has 1 aromatic heterocycles. The Labute approximate surface area is 94.1 Å². The van der Waals surface area contributed by atoms with Crippen LogP contribution in [0.4, 0.5) is 8.78 Å². The Bertz CT molecular complexity index is 385. The molecule has 0 bridgehead atoms. The quantitative estimate of drug-likeness (QED) is 0.788. The van der Waals surface area contributed by atoms with Gasteiger partial charge in [0.25, 0.3) is 6.43 Å². The van der Waals surface area contributed by atoms with E-state index in [-0.39, 0.29) is 12.0 Å². The molecular weight excluding hydrogens is 301 g/mol. The second-order valence-electron chi connectivity index (χ2n) is 2.72. The fourth-order valence-corrected chi connectivity index (χ4v) is 1.88. The molecule has 0 spiro atoms. The van der Waals surface area contributed by atoms with Crippen LogP contribution < -0.4 is 0 Å². The van der Waals surface area contributed by atoms with Crippen LogP contribution in [0.1, 0.15) is 23.2 Å². The number of aryl methyl sites for hydroxylation is 1. The van der Waals surface area contributed by atoms with Crippen LogP contribution in [0.3, 0.4) is 0 Å². The highest BCUT2D eigenvalue weighted by Crippen LogP contribution is 2.29. The van der Waals surface area contributed by atoms with Crippen molar-refractivity contribution >= 4 is 22.6 Å². The normalized spacial score (nSPS) is 10.3. The zero-order valence-corrected chi connectivity index (χ0v) is 9.55. The first kappa shape index (κ1) is 11.3. The van der Waals surface area contributed by atoms with Gasteiger partial charge in [-0.2, -0.15) is 5.26 Å². The van der Waals surface area contributed by atoms with E-state index in [4.69, 9.17) is 5.26 Å². The Kier molecular flexibility index (Phi) is 3.75. The smallest absolute Gasteiger partial charge is 0.260 e. The zero-order chi connectivity index (χ0) is 10.7. The van der Waals surface area contributed by atoms with Gasteiger partial charge in [0.15, 0.2) is 0 Å². The van der Waals surface area contributed by atoms with Crippen molar-refractivity contribution in [3.63, 3.8) is 0 Å². The predicted octanol–water partition coefficient (Wildman–Crippen LogP) is 3.00. The number of halogens is 3. The summed E-state index contributed by atoms with van der Waals surface area (Å²) >= 11 is 1.81. The van der Waals surface area contributed by atoms with Gasteiger partial charge in [-0.05, 0) is 35.1 Å². The van der Waals surface area contributed by atoms with Gasteiger partial charge in [-0.1, -0.05) is 0 Å². The Hall–Kier alpha value is -0.770. The minimum Gasteiger partial charge on any atom is -0.260 e. The van der Waals surface area contributed by atoms with Crippen LogP contribution in [0.2, 0.25) is 0 Å². The van der Waals surface area contributed by atoms with Crippen molar-refractivity contribution in [3.05, 3.63) is 26.6 Å². The maximum atomic E-state index is 12.6. The number of hydrogen-bond donors (Lipinski definition) is 0. The summed E-state index contributed by atoms with van der Waals surface area (Å²) in [6.45, 7) is 1.63. The molecule has 5 heteroatoms. The molecule has 1 heterocycles. The van der Waals surface area contributed by atoms with Crippen LogP contribution >= 0.6 is 22.6 Å². The van der Waals surface area contributed by atoms with Gasteiger partial charge in [0, 0.05) is 21.0 Å². The van der Waals surface area contributed by atoms with Crippen molar-refractivity contribution in [3.8, 4) is 6.07 Å². The van der Waals surface area contributed by atoms with Crippen LogP contribution in [-0.2, 0) is 6.42 Å². The van der Waals surface area contributed by atoms with Crippen molar-refractivity contribution in [2.45, 2.75) is 19.8 Å². The molecule has 0 aromatic carbocycles. The van der Waals surface area contributed by atoms with Crippen LogP contribution in [0.15, 0.2) is 6.20 Å². The van der Waals surface area contributed by atoms with Crippen LogP contribution in [0.5, 0.6) is 0 Å². The van der Waals surface area contributed by atoms with Crippen molar-refractivity contribution in [1.29, 1.82) is 5.26 Å². The average molecular weight is 308 g/mol. The molecule has 0 saturated heterocycles. The van der Waals surface area contributed by atoms with E-state index in [1.54, 1.807) is 29.5 Å². The van der Waals surface area contributed by atoms with E-state index >= 15 is 0 Å². The number of nitriles is 1. The van der Waals surface area contributed by atoms with Crippen molar-refractivity contribution in [1.82, 2.24) is 4.98 Å². The van der Waals surface area contributed by atoms with E-state index in [1.165, 1.54) is 6.20 Å². The molecule has 14 heavy (non-hydrogen) atoms. The second-order valence-corrected chi connectivity index (χ2v) is 3.88. The molecule has 0 aliphatic rings. The van der Waals surface area contributed by atoms with Gasteiger partial charge in [-0.15, -0.1) is 0 Å². The Morgan fingerprint density at radius 3 is 2.79 bits per heavy atom. The monoisotopic (exact) mass is 308 g/mol. The van der Waals surface area contributed by atoms with E-state index in [1.807, 2.05) is 6.07 Å². The van der Waals surface area contributed by atoms with Gasteiger partial charge in [0.1, 0.15) is 0 Å². The minimum atomic E-state index is -2.55. The lowest BCUT2D eigenvalue weighted by molar-refractivity contribution is 0.149. The summed E-state index contributed by atoms with van der Waals surface area (Å²) in [6.07, 6.45) is -1.17. The molecule has 0 N–H and O–H groups in total. The first-order valence-electron chi connectivity index (χ1n) is 3.87. The molecule has 0 aliphatic carbocycles. The third-order valence-electron chi connectivity index (χ3n) is 1.86. The lowest BCUT2D eigenvalue weighted by atomic mass is 10.1. The fourth-order valence-electron chi connectivity index (χ4n) is 1.18. The number of aromatic nitrogens is 1.